The van der Waals surface area contributed by atoms with Crippen LogP contribution in [0.25, 0.3) is 22.3 Å². The molecule has 37 heavy (non-hydrogen) atoms. The molecule has 0 saturated carbocycles. The van der Waals surface area contributed by atoms with Gasteiger partial charge in [-0.05, 0) is 54.6 Å². The zero-order valence-electron chi connectivity index (χ0n) is 19.8. The Bertz CT molecular complexity index is 1600. The number of ether oxygens (including phenoxy) is 2. The van der Waals surface area contributed by atoms with Crippen LogP contribution < -0.4 is 13.8 Å². The second kappa shape index (κ2) is 10.2. The van der Waals surface area contributed by atoms with Crippen LogP contribution in [0.1, 0.15) is 15.9 Å². The third-order valence-electron chi connectivity index (χ3n) is 5.51. The number of furan rings is 1. The molecule has 0 unspecified atom stereocenters. The molecule has 0 spiro atoms. The van der Waals surface area contributed by atoms with Crippen molar-refractivity contribution in [2.24, 2.45) is 0 Å². The summed E-state index contributed by atoms with van der Waals surface area (Å²) in [4.78, 5) is 12.2. The minimum atomic E-state index is -3.78. The molecule has 0 fully saturated rings. The summed E-state index contributed by atoms with van der Waals surface area (Å²) in [5, 5.41) is 28.5. The number of hydrogen-bond acceptors (Lipinski definition) is 8. The van der Waals surface area contributed by atoms with Crippen molar-refractivity contribution in [3.05, 3.63) is 71.8 Å². The van der Waals surface area contributed by atoms with Crippen molar-refractivity contribution in [3.63, 3.8) is 0 Å². The summed E-state index contributed by atoms with van der Waals surface area (Å²) < 4.78 is 42.7. The predicted octanol–water partition coefficient (Wildman–Crippen LogP) is 4.23. The van der Waals surface area contributed by atoms with E-state index in [0.717, 1.165) is 10.6 Å². The first-order valence-corrected chi connectivity index (χ1v) is 12.8. The highest BCUT2D eigenvalue weighted by molar-refractivity contribution is 7.92. The van der Waals surface area contributed by atoms with Crippen LogP contribution in [0.15, 0.2) is 65.1 Å². The van der Waals surface area contributed by atoms with Gasteiger partial charge in [0.25, 0.3) is 0 Å². The third-order valence-corrected chi connectivity index (χ3v) is 6.69. The van der Waals surface area contributed by atoms with Crippen molar-refractivity contribution >= 4 is 32.6 Å². The fourth-order valence-electron chi connectivity index (χ4n) is 3.85. The lowest BCUT2D eigenvalue weighted by Gasteiger charge is -2.23. The van der Waals surface area contributed by atoms with E-state index in [-0.39, 0.29) is 40.3 Å². The monoisotopic (exact) mass is 522 g/mol. The molecule has 3 aromatic carbocycles. The van der Waals surface area contributed by atoms with Crippen LogP contribution in [-0.2, 0) is 10.0 Å². The van der Waals surface area contributed by atoms with E-state index >= 15 is 0 Å². The van der Waals surface area contributed by atoms with Gasteiger partial charge in [0.2, 0.25) is 10.0 Å². The maximum absolute atomic E-state index is 12.3. The van der Waals surface area contributed by atoms with Gasteiger partial charge < -0.3 is 24.1 Å². The van der Waals surface area contributed by atoms with Crippen LogP contribution in [0.2, 0.25) is 0 Å². The lowest BCUT2D eigenvalue weighted by Crippen LogP contribution is -2.32. The van der Waals surface area contributed by atoms with Gasteiger partial charge in [-0.15, -0.1) is 0 Å². The summed E-state index contributed by atoms with van der Waals surface area (Å²) in [5.41, 5.74) is 1.08. The molecule has 0 saturated heterocycles. The Morgan fingerprint density at radius 3 is 2.22 bits per heavy atom. The lowest BCUT2D eigenvalue weighted by atomic mass is 10.0. The zero-order chi connectivity index (χ0) is 26.7. The molecule has 1 aromatic heterocycles. The summed E-state index contributed by atoms with van der Waals surface area (Å²) >= 11 is 0. The SMILES string of the molecule is COc1cc2c(C(=O)O)c(-c3ccc(Oc4ccc(C#N)cc4)cc3)oc2cc1N(CCO)S(C)(=O)=O. The smallest absolute Gasteiger partial charge is 0.340 e. The Kier molecular flexibility index (Phi) is 7.06. The molecular weight excluding hydrogens is 500 g/mol. The number of fused-ring (bicyclic) bond motifs is 1. The number of sulfonamides is 1. The van der Waals surface area contributed by atoms with Gasteiger partial charge >= 0.3 is 5.97 Å². The van der Waals surface area contributed by atoms with E-state index in [1.165, 1.54) is 19.2 Å². The standard InChI is InChI=1S/C26H22N2O8S/c1-34-23-13-20-22(14-21(23)28(11-12-29)37(2,32)33)36-25(24(20)26(30)31)17-5-9-19(10-6-17)35-18-7-3-16(15-27)4-8-18/h3-10,13-14,29H,11-12H2,1-2H3,(H,30,31). The Morgan fingerprint density at radius 1 is 1.08 bits per heavy atom. The Balaban J connectivity index is 1.77. The minimum Gasteiger partial charge on any atom is -0.495 e. The van der Waals surface area contributed by atoms with E-state index in [2.05, 4.69) is 0 Å². The second-order valence-corrected chi connectivity index (χ2v) is 9.86. The van der Waals surface area contributed by atoms with Gasteiger partial charge in [-0.3, -0.25) is 4.31 Å². The molecule has 190 valence electrons. The first kappa shape index (κ1) is 25.6. The molecular formula is C26H22N2O8S. The number of rotatable bonds is 9. The summed E-state index contributed by atoms with van der Waals surface area (Å²) in [7, 11) is -2.45. The molecule has 10 nitrogen and oxygen atoms in total. The first-order valence-electron chi connectivity index (χ1n) is 10.9. The van der Waals surface area contributed by atoms with Gasteiger partial charge in [-0.25, -0.2) is 13.2 Å². The minimum absolute atomic E-state index is 0.0692. The Morgan fingerprint density at radius 2 is 1.70 bits per heavy atom. The first-order chi connectivity index (χ1) is 17.7. The number of nitriles is 1. The van der Waals surface area contributed by atoms with Crippen LogP contribution in [0.4, 0.5) is 5.69 Å². The van der Waals surface area contributed by atoms with Crippen molar-refractivity contribution < 1.29 is 37.3 Å². The van der Waals surface area contributed by atoms with E-state index in [1.807, 2.05) is 6.07 Å². The Hall–Kier alpha value is -4.53. The summed E-state index contributed by atoms with van der Waals surface area (Å²) in [6.45, 7) is -0.657. The van der Waals surface area contributed by atoms with Crippen LogP contribution in [0.5, 0.6) is 17.2 Å². The van der Waals surface area contributed by atoms with Gasteiger partial charge in [0.1, 0.15) is 34.2 Å². The van der Waals surface area contributed by atoms with Crippen LogP contribution >= 0.6 is 0 Å². The molecule has 11 heteroatoms. The highest BCUT2D eigenvalue weighted by Gasteiger charge is 2.27. The number of anilines is 1. The number of hydrogen-bond donors (Lipinski definition) is 2. The van der Waals surface area contributed by atoms with Gasteiger partial charge in [-0.1, -0.05) is 0 Å². The normalized spacial score (nSPS) is 11.2. The van der Waals surface area contributed by atoms with E-state index in [1.54, 1.807) is 48.5 Å². The van der Waals surface area contributed by atoms with Crippen molar-refractivity contribution in [3.8, 4) is 34.6 Å². The Labute approximate surface area is 212 Å². The largest absolute Gasteiger partial charge is 0.495 e. The number of aromatic carboxylic acids is 1. The van der Waals surface area contributed by atoms with Crippen molar-refractivity contribution in [1.29, 1.82) is 5.26 Å². The van der Waals surface area contributed by atoms with Crippen molar-refractivity contribution in [2.75, 3.05) is 30.8 Å². The van der Waals surface area contributed by atoms with E-state index < -0.39 is 22.6 Å². The molecule has 0 aliphatic carbocycles. The summed E-state index contributed by atoms with van der Waals surface area (Å²) in [6.07, 6.45) is 0.990. The van der Waals surface area contributed by atoms with E-state index in [9.17, 15) is 23.4 Å². The van der Waals surface area contributed by atoms with Gasteiger partial charge in [0.05, 0.1) is 43.8 Å². The molecule has 0 amide bonds. The van der Waals surface area contributed by atoms with E-state index in [0.29, 0.717) is 22.6 Å². The van der Waals surface area contributed by atoms with Gasteiger partial charge in [-0.2, -0.15) is 5.26 Å². The fourth-order valence-corrected chi connectivity index (χ4v) is 4.76. The number of carbonyl (C=O) groups is 1. The number of methoxy groups -OCH3 is 1. The topological polar surface area (TPSA) is 150 Å². The molecule has 4 aromatic rings. The second-order valence-electron chi connectivity index (χ2n) is 7.95. The quantitative estimate of drug-likeness (QED) is 0.329. The maximum Gasteiger partial charge on any atom is 0.340 e. The maximum atomic E-state index is 12.3. The van der Waals surface area contributed by atoms with Crippen molar-refractivity contribution in [2.45, 2.75) is 0 Å². The zero-order valence-corrected chi connectivity index (χ0v) is 20.7. The molecule has 4 rings (SSSR count). The average Bonchev–Trinajstić information content (AvgIpc) is 3.25. The summed E-state index contributed by atoms with van der Waals surface area (Å²) in [6, 6.07) is 18.0. The highest BCUT2D eigenvalue weighted by Crippen LogP contribution is 2.41. The van der Waals surface area contributed by atoms with Crippen LogP contribution in [-0.4, -0.2) is 51.1 Å². The number of nitrogens with zero attached hydrogens (tertiary/aromatic N) is 2. The third kappa shape index (κ3) is 5.20. The van der Waals surface area contributed by atoms with Gasteiger partial charge in [0.15, 0.2) is 0 Å². The number of aliphatic hydroxyl groups is 1. The summed E-state index contributed by atoms with van der Waals surface area (Å²) in [5.74, 6) is -0.0540. The highest BCUT2D eigenvalue weighted by atomic mass is 32.2. The average molecular weight is 523 g/mol. The van der Waals surface area contributed by atoms with Gasteiger partial charge in [0, 0.05) is 17.0 Å². The fraction of sp³-hybridized carbons (Fsp3) is 0.154. The number of carboxylic acid groups (broad SMARTS) is 1. The number of aliphatic hydroxyl groups excluding tert-OH is 1. The lowest BCUT2D eigenvalue weighted by molar-refractivity contribution is 0.0699. The molecule has 0 atom stereocenters. The predicted molar refractivity (Wildman–Crippen MR) is 136 cm³/mol. The van der Waals surface area contributed by atoms with Crippen molar-refractivity contribution in [1.82, 2.24) is 0 Å². The number of carboxylic acids is 1. The molecule has 0 aliphatic heterocycles. The molecule has 2 N–H and O–H groups in total. The molecule has 0 radical (unpaired) electrons. The van der Waals surface area contributed by atoms with Crippen LogP contribution in [0.3, 0.4) is 0 Å². The molecule has 1 heterocycles. The molecule has 0 aliphatic rings. The number of benzene rings is 3. The van der Waals surface area contributed by atoms with E-state index in [4.69, 9.17) is 19.2 Å². The molecule has 0 bridgehead atoms. The van der Waals surface area contributed by atoms with Crippen LogP contribution in [0, 0.1) is 11.3 Å².